The molecule has 1 saturated heterocycles. The molecule has 1 aliphatic heterocycles. The second-order valence-corrected chi connectivity index (χ2v) is 8.13. The zero-order valence-electron chi connectivity index (χ0n) is 13.5. The summed E-state index contributed by atoms with van der Waals surface area (Å²) < 4.78 is 30.9. The number of rotatable bonds is 5. The van der Waals surface area contributed by atoms with Crippen molar-refractivity contribution >= 4 is 10.0 Å². The Hall–Kier alpha value is -1.63. The van der Waals surface area contributed by atoms with Crippen molar-refractivity contribution < 1.29 is 12.8 Å². The Bertz CT molecular complexity index is 753. The van der Waals surface area contributed by atoms with Crippen LogP contribution in [-0.4, -0.2) is 38.3 Å². The van der Waals surface area contributed by atoms with Crippen LogP contribution in [0.4, 0.5) is 0 Å². The topological polar surface area (TPSA) is 53.8 Å². The van der Waals surface area contributed by atoms with Crippen LogP contribution in [-0.2, 0) is 16.6 Å². The van der Waals surface area contributed by atoms with Crippen LogP contribution in [0.3, 0.4) is 0 Å². The number of furan rings is 1. The van der Waals surface area contributed by atoms with Gasteiger partial charge in [0.1, 0.15) is 5.76 Å². The minimum atomic E-state index is -3.51. The van der Waals surface area contributed by atoms with Crippen molar-refractivity contribution in [3.05, 3.63) is 53.8 Å². The Kier molecular flexibility index (Phi) is 4.57. The number of sulfonamides is 1. The van der Waals surface area contributed by atoms with E-state index in [0.29, 0.717) is 18.3 Å². The predicted molar refractivity (Wildman–Crippen MR) is 88.4 cm³/mol. The summed E-state index contributed by atoms with van der Waals surface area (Å²) >= 11 is 0. The Labute approximate surface area is 137 Å². The largest absolute Gasteiger partial charge is 0.447 e. The monoisotopic (exact) mass is 334 g/mol. The summed E-state index contributed by atoms with van der Waals surface area (Å²) in [5.74, 6) is 0.688. The molecule has 1 atom stereocenters. The lowest BCUT2D eigenvalue weighted by molar-refractivity contribution is 0.221. The summed E-state index contributed by atoms with van der Waals surface area (Å²) in [7, 11) is -0.500. The van der Waals surface area contributed by atoms with Crippen LogP contribution in [0.15, 0.2) is 52.0 Å². The molecule has 1 fully saturated rings. The predicted octanol–water partition coefficient (Wildman–Crippen LogP) is 2.87. The van der Waals surface area contributed by atoms with Gasteiger partial charge in [0.25, 0.3) is 10.0 Å². The number of nitrogens with zero attached hydrogens (tertiary/aromatic N) is 2. The second kappa shape index (κ2) is 6.47. The molecule has 0 unspecified atom stereocenters. The molecule has 1 aliphatic rings. The molecule has 0 bridgehead atoms. The van der Waals surface area contributed by atoms with Gasteiger partial charge in [-0.2, -0.15) is 0 Å². The third kappa shape index (κ3) is 3.34. The molecule has 124 valence electrons. The molecule has 0 aliphatic carbocycles. The van der Waals surface area contributed by atoms with Crippen LogP contribution < -0.4 is 0 Å². The van der Waals surface area contributed by atoms with Crippen molar-refractivity contribution in [2.24, 2.45) is 0 Å². The standard InChI is InChI=1S/C17H22N2O3S/c1-18(2)23(20,21)17-11-10-15(22-17)13-19-12-6-9-16(19)14-7-4-3-5-8-14/h3-5,7-8,10-11,16H,6,9,12-13H2,1-2H3/t16-/m0/s1. The molecule has 1 aromatic carbocycles. The van der Waals surface area contributed by atoms with Gasteiger partial charge in [0, 0.05) is 20.1 Å². The summed E-state index contributed by atoms with van der Waals surface area (Å²) in [5, 5.41) is 0.00737. The molecule has 1 aromatic heterocycles. The normalized spacial score (nSPS) is 19.5. The van der Waals surface area contributed by atoms with E-state index in [4.69, 9.17) is 4.42 Å². The first-order valence-electron chi connectivity index (χ1n) is 7.79. The van der Waals surface area contributed by atoms with Gasteiger partial charge in [-0.25, -0.2) is 12.7 Å². The summed E-state index contributed by atoms with van der Waals surface area (Å²) in [6, 6.07) is 14.1. The molecule has 0 N–H and O–H groups in total. The smallest absolute Gasteiger partial charge is 0.275 e. The van der Waals surface area contributed by atoms with Crippen LogP contribution >= 0.6 is 0 Å². The van der Waals surface area contributed by atoms with Crippen molar-refractivity contribution in [2.75, 3.05) is 20.6 Å². The zero-order valence-corrected chi connectivity index (χ0v) is 14.3. The van der Waals surface area contributed by atoms with Crippen molar-refractivity contribution in [2.45, 2.75) is 30.5 Å². The molecule has 0 saturated carbocycles. The summed E-state index contributed by atoms with van der Waals surface area (Å²) in [5.41, 5.74) is 1.30. The van der Waals surface area contributed by atoms with Crippen LogP contribution in [0.2, 0.25) is 0 Å². The molecule has 3 rings (SSSR count). The first-order valence-corrected chi connectivity index (χ1v) is 9.23. The lowest BCUT2D eigenvalue weighted by atomic mass is 10.0. The van der Waals surface area contributed by atoms with Crippen LogP contribution in [0.5, 0.6) is 0 Å². The van der Waals surface area contributed by atoms with Gasteiger partial charge >= 0.3 is 0 Å². The zero-order chi connectivity index (χ0) is 16.4. The van der Waals surface area contributed by atoms with Gasteiger partial charge < -0.3 is 4.42 Å². The average molecular weight is 334 g/mol. The molecular formula is C17H22N2O3S. The van der Waals surface area contributed by atoms with Gasteiger partial charge in [0.2, 0.25) is 5.09 Å². The van der Waals surface area contributed by atoms with E-state index < -0.39 is 10.0 Å². The highest BCUT2D eigenvalue weighted by molar-refractivity contribution is 7.88. The Morgan fingerprint density at radius 1 is 1.17 bits per heavy atom. The molecule has 5 nitrogen and oxygen atoms in total. The fourth-order valence-corrected chi connectivity index (χ4v) is 3.84. The van der Waals surface area contributed by atoms with Crippen molar-refractivity contribution in [1.82, 2.24) is 9.21 Å². The maximum atomic E-state index is 12.1. The third-order valence-electron chi connectivity index (χ3n) is 4.28. The number of likely N-dealkylation sites (tertiary alicyclic amines) is 1. The van der Waals surface area contributed by atoms with Gasteiger partial charge in [-0.3, -0.25) is 4.90 Å². The van der Waals surface area contributed by atoms with E-state index in [1.807, 2.05) is 6.07 Å². The molecule has 6 heteroatoms. The quantitative estimate of drug-likeness (QED) is 0.844. The van der Waals surface area contributed by atoms with Gasteiger partial charge in [-0.1, -0.05) is 30.3 Å². The van der Waals surface area contributed by atoms with Crippen molar-refractivity contribution in [1.29, 1.82) is 0 Å². The molecule has 2 aromatic rings. The Morgan fingerprint density at radius 2 is 1.91 bits per heavy atom. The lowest BCUT2D eigenvalue weighted by Gasteiger charge is -2.23. The summed E-state index contributed by atoms with van der Waals surface area (Å²) in [4.78, 5) is 2.35. The van der Waals surface area contributed by atoms with E-state index in [9.17, 15) is 8.42 Å². The van der Waals surface area contributed by atoms with Crippen molar-refractivity contribution in [3.8, 4) is 0 Å². The van der Waals surface area contributed by atoms with Gasteiger partial charge in [0.05, 0.1) is 6.54 Å². The first-order chi connectivity index (χ1) is 11.0. The van der Waals surface area contributed by atoms with E-state index >= 15 is 0 Å². The van der Waals surface area contributed by atoms with Crippen molar-refractivity contribution in [3.63, 3.8) is 0 Å². The number of benzene rings is 1. The maximum Gasteiger partial charge on any atom is 0.275 e. The molecule has 0 spiro atoms. The first kappa shape index (κ1) is 16.2. The van der Waals surface area contributed by atoms with E-state index in [0.717, 1.165) is 23.7 Å². The van der Waals surface area contributed by atoms with E-state index in [-0.39, 0.29) is 5.09 Å². The second-order valence-electron chi connectivity index (χ2n) is 6.05. The molecular weight excluding hydrogens is 312 g/mol. The maximum absolute atomic E-state index is 12.1. The van der Waals surface area contributed by atoms with E-state index in [2.05, 4.69) is 29.2 Å². The van der Waals surface area contributed by atoms with Crippen LogP contribution in [0.25, 0.3) is 0 Å². The number of hydrogen-bond donors (Lipinski definition) is 0. The van der Waals surface area contributed by atoms with Gasteiger partial charge in [0.15, 0.2) is 0 Å². The third-order valence-corrected chi connectivity index (χ3v) is 5.97. The van der Waals surface area contributed by atoms with Gasteiger partial charge in [-0.05, 0) is 37.1 Å². The summed E-state index contributed by atoms with van der Waals surface area (Å²) in [6.45, 7) is 1.62. The van der Waals surface area contributed by atoms with Crippen LogP contribution in [0, 0.1) is 0 Å². The molecule has 0 amide bonds. The SMILES string of the molecule is CN(C)S(=O)(=O)c1ccc(CN2CCC[C@H]2c2ccccc2)o1. The van der Waals surface area contributed by atoms with E-state index in [1.54, 1.807) is 6.07 Å². The highest BCUT2D eigenvalue weighted by Crippen LogP contribution is 2.33. The molecule has 2 heterocycles. The Morgan fingerprint density at radius 3 is 2.61 bits per heavy atom. The highest BCUT2D eigenvalue weighted by Gasteiger charge is 2.28. The summed E-state index contributed by atoms with van der Waals surface area (Å²) in [6.07, 6.45) is 2.26. The Balaban J connectivity index is 1.76. The molecule has 0 radical (unpaired) electrons. The fourth-order valence-electron chi connectivity index (χ4n) is 3.03. The minimum absolute atomic E-state index is 0.00737. The van der Waals surface area contributed by atoms with E-state index in [1.165, 1.54) is 25.7 Å². The van der Waals surface area contributed by atoms with Gasteiger partial charge in [-0.15, -0.1) is 0 Å². The van der Waals surface area contributed by atoms with Crippen LogP contribution in [0.1, 0.15) is 30.2 Å². The fraction of sp³-hybridized carbons (Fsp3) is 0.412. The molecule has 23 heavy (non-hydrogen) atoms. The highest BCUT2D eigenvalue weighted by atomic mass is 32.2. The lowest BCUT2D eigenvalue weighted by Crippen LogP contribution is -2.23. The number of hydrogen-bond acceptors (Lipinski definition) is 4. The minimum Gasteiger partial charge on any atom is -0.447 e. The average Bonchev–Trinajstić information content (AvgIpc) is 3.18.